The van der Waals surface area contributed by atoms with E-state index in [1.165, 1.54) is 0 Å². The van der Waals surface area contributed by atoms with E-state index in [9.17, 15) is 39.6 Å². The Morgan fingerprint density at radius 1 is 0.267 bits per heavy atom. The van der Waals surface area contributed by atoms with Crippen LogP contribution in [0.15, 0.2) is 48.5 Å². The van der Waals surface area contributed by atoms with Gasteiger partial charge in [0, 0.05) is 0 Å². The highest BCUT2D eigenvalue weighted by Gasteiger charge is 2.35. The van der Waals surface area contributed by atoms with Gasteiger partial charge in [-0.05, 0) is 161 Å². The number of aryl methyl sites for hydroxylation is 4. The molecule has 0 radical (unpaired) electrons. The van der Waals surface area contributed by atoms with Crippen molar-refractivity contribution in [1.82, 2.24) is 0 Å². The number of carbonyl (C=O) groups is 4. The van der Waals surface area contributed by atoms with E-state index in [0.717, 1.165) is 66.8 Å². The minimum absolute atomic E-state index is 0.0453. The second kappa shape index (κ2) is 37.0. The second-order valence-electron chi connectivity index (χ2n) is 36.1. The van der Waals surface area contributed by atoms with Crippen LogP contribution in [-0.4, -0.2) is 124 Å². The molecule has 0 spiro atoms. The van der Waals surface area contributed by atoms with E-state index in [0.29, 0.717) is 51.4 Å². The molecule has 568 valence electrons. The normalized spacial score (nSPS) is 13.0. The van der Waals surface area contributed by atoms with E-state index in [4.69, 9.17) is 37.9 Å². The number of hydrogen-bond acceptors (Lipinski definition) is 16. The summed E-state index contributed by atoms with van der Waals surface area (Å²) >= 11 is 0. The number of phenols is 4. The topological polar surface area (TPSA) is 223 Å². The van der Waals surface area contributed by atoms with Gasteiger partial charge in [-0.2, -0.15) is 0 Å². The summed E-state index contributed by atoms with van der Waals surface area (Å²) in [4.78, 5) is 53.2. The van der Waals surface area contributed by atoms with Gasteiger partial charge in [0.05, 0.1) is 110 Å². The smallest absolute Gasteiger partial charge is 0.308 e. The lowest BCUT2D eigenvalue weighted by molar-refractivity contribution is -0.148. The molecule has 0 aromatic heterocycles. The van der Waals surface area contributed by atoms with E-state index in [1.54, 1.807) is 0 Å². The lowest BCUT2D eigenvalue weighted by atomic mass is 9.78. The molecule has 0 aliphatic carbocycles. The van der Waals surface area contributed by atoms with Crippen molar-refractivity contribution in [2.75, 3.05) is 79.3 Å². The third kappa shape index (κ3) is 28.8. The summed E-state index contributed by atoms with van der Waals surface area (Å²) in [6, 6.07) is 16.5. The van der Waals surface area contributed by atoms with Gasteiger partial charge < -0.3 is 58.3 Å². The first-order chi connectivity index (χ1) is 46.4. The molecule has 4 rings (SSSR count). The van der Waals surface area contributed by atoms with Crippen LogP contribution in [0.1, 0.15) is 284 Å². The molecule has 0 atom stereocenters. The first-order valence-electron chi connectivity index (χ1n) is 36.9. The lowest BCUT2D eigenvalue weighted by Gasteiger charge is -2.33. The van der Waals surface area contributed by atoms with Gasteiger partial charge >= 0.3 is 23.9 Å². The largest absolute Gasteiger partial charge is 0.507 e. The molecule has 16 heteroatoms. The monoisotopic (exact) mass is 1410 g/mol. The van der Waals surface area contributed by atoms with Gasteiger partial charge in [0.15, 0.2) is 0 Å². The lowest BCUT2D eigenvalue weighted by Crippen LogP contribution is -2.42. The maximum absolute atomic E-state index is 13.3. The highest BCUT2D eigenvalue weighted by molar-refractivity contribution is 5.70. The van der Waals surface area contributed by atoms with Crippen LogP contribution in [0.25, 0.3) is 0 Å². The molecule has 0 bridgehead atoms. The summed E-state index contributed by atoms with van der Waals surface area (Å²) in [7, 11) is 0. The zero-order chi connectivity index (χ0) is 76.3. The Bertz CT molecular complexity index is 2890. The summed E-state index contributed by atoms with van der Waals surface area (Å²) in [6.07, 6.45) is 3.62. The van der Waals surface area contributed by atoms with Crippen LogP contribution < -0.4 is 0 Å². The van der Waals surface area contributed by atoms with Gasteiger partial charge in [-0.1, -0.05) is 215 Å². The van der Waals surface area contributed by atoms with Gasteiger partial charge in [0.1, 0.15) is 23.0 Å². The fourth-order valence-electron chi connectivity index (χ4n) is 11.7. The zero-order valence-electron chi connectivity index (χ0n) is 66.8. The maximum Gasteiger partial charge on any atom is 0.308 e. The van der Waals surface area contributed by atoms with Crippen LogP contribution in [0.5, 0.6) is 23.0 Å². The standard InChI is InChI=1S/C85H132O16/c1-77(2,3)61-45-57(73(90)65(49-61)81(13,14)15)29-25-37-98-69(86)33-41-94-53-85(54-95-42-34-70(87)99-38-26-30-58-46-62(78(4,5)6)50-66(74(58)91)82(16,17)18,55-96-43-35-71(88)100-39-27-31-59-47-63(79(7,8)9)51-67(75(59)92)83(19,20)21)56-97-44-36-72(89)101-40-28-32-60-48-64(80(10,11)12)52-68(76(60)93)84(22,23)24/h45-52,90-93H,25-44,53-56H2,1-24H3. The molecular formula is C85H132O16. The molecule has 4 N–H and O–H groups in total. The molecule has 0 fully saturated rings. The Morgan fingerprint density at radius 2 is 0.446 bits per heavy atom. The van der Waals surface area contributed by atoms with E-state index in [1.807, 2.05) is 24.3 Å². The van der Waals surface area contributed by atoms with Crippen LogP contribution in [0, 0.1) is 5.41 Å². The van der Waals surface area contributed by atoms with Crippen molar-refractivity contribution in [1.29, 1.82) is 0 Å². The number of ether oxygens (including phenoxy) is 8. The Balaban J connectivity index is 1.50. The van der Waals surface area contributed by atoms with Crippen molar-refractivity contribution < 1.29 is 77.5 Å². The minimum atomic E-state index is -1.11. The summed E-state index contributed by atoms with van der Waals surface area (Å²) in [5, 5.41) is 45.4. The number of carbonyl (C=O) groups excluding carboxylic acids is 4. The van der Waals surface area contributed by atoms with Crippen molar-refractivity contribution in [3.8, 4) is 23.0 Å². The van der Waals surface area contributed by atoms with Gasteiger partial charge in [0.2, 0.25) is 0 Å². The SMILES string of the molecule is CC(C)(C)c1cc(CCCOC(=O)CCOCC(COCCC(=O)OCCCc2cc(C(C)(C)C)cc(C(C)(C)C)c2O)(COCCC(=O)OCCCc2cc(C(C)(C)C)cc(C(C)(C)C)c2O)COCCC(=O)OCCCc2cc(C(C)(C)C)cc(C(C)(C)C)c2O)c(O)c(C(C)(C)C)c1. The van der Waals surface area contributed by atoms with Gasteiger partial charge in [-0.15, -0.1) is 0 Å². The average Bonchev–Trinajstić information content (AvgIpc) is 0.809. The average molecular weight is 1410 g/mol. The number of benzene rings is 4. The number of hydrogen-bond donors (Lipinski definition) is 4. The summed E-state index contributed by atoms with van der Waals surface area (Å²) < 4.78 is 47.8. The van der Waals surface area contributed by atoms with E-state index < -0.39 is 29.3 Å². The van der Waals surface area contributed by atoms with Crippen LogP contribution >= 0.6 is 0 Å². The van der Waals surface area contributed by atoms with Crippen molar-refractivity contribution in [2.24, 2.45) is 5.41 Å². The predicted molar refractivity (Wildman–Crippen MR) is 403 cm³/mol. The molecule has 16 nitrogen and oxygen atoms in total. The molecule has 0 amide bonds. The number of rotatable bonds is 36. The molecule has 0 saturated carbocycles. The molecule has 0 aliphatic rings. The summed E-state index contributed by atoms with van der Waals surface area (Å²) in [5.41, 5.74) is 8.31. The highest BCUT2D eigenvalue weighted by atomic mass is 16.6. The first-order valence-corrected chi connectivity index (χ1v) is 36.9. The maximum atomic E-state index is 13.3. The Morgan fingerprint density at radius 3 is 0.604 bits per heavy atom. The highest BCUT2D eigenvalue weighted by Crippen LogP contribution is 2.43. The van der Waals surface area contributed by atoms with Gasteiger partial charge in [0.25, 0.3) is 0 Å². The third-order valence-electron chi connectivity index (χ3n) is 18.3. The zero-order valence-corrected chi connectivity index (χ0v) is 66.8. The molecule has 4 aromatic rings. The van der Waals surface area contributed by atoms with Crippen molar-refractivity contribution in [3.05, 3.63) is 115 Å². The molecular weight excluding hydrogens is 1280 g/mol. The fraction of sp³-hybridized carbons (Fsp3) is 0.671. The molecule has 0 heterocycles. The van der Waals surface area contributed by atoms with E-state index in [2.05, 4.69) is 190 Å². The number of aromatic hydroxyl groups is 4. The van der Waals surface area contributed by atoms with Crippen LogP contribution in [0.2, 0.25) is 0 Å². The van der Waals surface area contributed by atoms with Crippen molar-refractivity contribution in [3.63, 3.8) is 0 Å². The van der Waals surface area contributed by atoms with E-state index >= 15 is 0 Å². The van der Waals surface area contributed by atoms with Crippen LogP contribution in [0.4, 0.5) is 0 Å². The first kappa shape index (κ1) is 87.2. The molecule has 0 unspecified atom stereocenters. The summed E-state index contributed by atoms with van der Waals surface area (Å²) in [6.45, 7) is 50.6. The Labute approximate surface area is 608 Å². The number of phenolic OH excluding ortho intramolecular Hbond substituents is 4. The minimum Gasteiger partial charge on any atom is -0.507 e. The molecule has 0 aliphatic heterocycles. The summed E-state index contributed by atoms with van der Waals surface area (Å²) in [5.74, 6) is -0.860. The molecule has 0 saturated heterocycles. The second-order valence-corrected chi connectivity index (χ2v) is 36.1. The predicted octanol–water partition coefficient (Wildman–Crippen LogP) is 17.5. The van der Waals surface area contributed by atoms with E-state index in [-0.39, 0.29) is 171 Å². The third-order valence-corrected chi connectivity index (χ3v) is 18.3. The van der Waals surface area contributed by atoms with Gasteiger partial charge in [-0.3, -0.25) is 19.2 Å². The van der Waals surface area contributed by atoms with Crippen LogP contribution in [-0.2, 0) is 126 Å². The van der Waals surface area contributed by atoms with Crippen molar-refractivity contribution >= 4 is 23.9 Å². The molecule has 101 heavy (non-hydrogen) atoms. The Kier molecular flexibility index (Phi) is 31.9. The van der Waals surface area contributed by atoms with Crippen LogP contribution in [0.3, 0.4) is 0 Å². The fourth-order valence-corrected chi connectivity index (χ4v) is 11.7. The van der Waals surface area contributed by atoms with Gasteiger partial charge in [-0.25, -0.2) is 0 Å². The Hall–Kier alpha value is -6.20. The van der Waals surface area contributed by atoms with Crippen molar-refractivity contribution in [2.45, 2.75) is 287 Å². The molecule has 4 aromatic carbocycles. The quantitative estimate of drug-likeness (QED) is 0.0189. The number of esters is 4.